The Morgan fingerprint density at radius 1 is 1.36 bits per heavy atom. The second-order valence-electron chi connectivity index (χ2n) is 6.97. The number of ether oxygens (including phenoxy) is 1. The molecule has 3 rings (SSSR count). The lowest BCUT2D eigenvalue weighted by Crippen LogP contribution is -2.47. The zero-order valence-corrected chi connectivity index (χ0v) is 15.4. The van der Waals surface area contributed by atoms with Crippen LogP contribution in [0.5, 0.6) is 0 Å². The van der Waals surface area contributed by atoms with Gasteiger partial charge in [-0.3, -0.25) is 14.5 Å². The smallest absolute Gasteiger partial charge is 0.317 e. The van der Waals surface area contributed by atoms with Gasteiger partial charge in [-0.25, -0.2) is 4.98 Å². The number of aromatic nitrogens is 1. The summed E-state index contributed by atoms with van der Waals surface area (Å²) < 4.78 is 5.70. The van der Waals surface area contributed by atoms with Crippen LogP contribution in [0.3, 0.4) is 0 Å². The number of carbonyl (C=O) groups excluding carboxylic acids is 1. The third kappa shape index (κ3) is 4.55. The van der Waals surface area contributed by atoms with Crippen molar-refractivity contribution in [3.63, 3.8) is 0 Å². The summed E-state index contributed by atoms with van der Waals surface area (Å²) in [5.41, 5.74) is 0.471. The summed E-state index contributed by atoms with van der Waals surface area (Å²) in [4.78, 5) is 34.3. The van der Waals surface area contributed by atoms with Crippen LogP contribution in [0.2, 0.25) is 0 Å². The minimum Gasteiger partial charge on any atom is -0.480 e. The van der Waals surface area contributed by atoms with E-state index in [4.69, 9.17) is 9.84 Å². The monoisotopic (exact) mass is 368 g/mol. The lowest BCUT2D eigenvalue weighted by atomic mass is 10.1. The van der Waals surface area contributed by atoms with Crippen LogP contribution in [0.25, 0.3) is 0 Å². The third-order valence-electron chi connectivity index (χ3n) is 4.39. The number of aliphatic carboxylic acids is 1. The van der Waals surface area contributed by atoms with Gasteiger partial charge in [0.05, 0.1) is 25.8 Å². The van der Waals surface area contributed by atoms with Crippen LogP contribution in [0, 0.1) is 5.92 Å². The zero-order chi connectivity index (χ0) is 18.0. The molecular weight excluding hydrogens is 344 g/mol. The minimum atomic E-state index is -0.841. The van der Waals surface area contributed by atoms with Gasteiger partial charge in [-0.15, -0.1) is 11.3 Å². The summed E-state index contributed by atoms with van der Waals surface area (Å²) in [5.74, 6) is -0.804. The van der Waals surface area contributed by atoms with Crippen LogP contribution >= 0.6 is 11.3 Å². The van der Waals surface area contributed by atoms with Gasteiger partial charge >= 0.3 is 5.97 Å². The van der Waals surface area contributed by atoms with Crippen LogP contribution in [-0.2, 0) is 16.1 Å². The van der Waals surface area contributed by atoms with Crippen LogP contribution in [0.1, 0.15) is 15.5 Å². The van der Waals surface area contributed by atoms with E-state index in [1.54, 1.807) is 0 Å². The van der Waals surface area contributed by atoms with Gasteiger partial charge in [-0.05, 0) is 14.1 Å². The predicted octanol–water partition coefficient (Wildman–Crippen LogP) is 0.0621. The Kier molecular flexibility index (Phi) is 5.67. The lowest BCUT2D eigenvalue weighted by molar-refractivity contribution is -0.138. The van der Waals surface area contributed by atoms with Gasteiger partial charge < -0.3 is 19.6 Å². The number of rotatable bonds is 5. The number of carboxylic acid groups (broad SMARTS) is 1. The molecule has 25 heavy (non-hydrogen) atoms. The number of hydrogen-bond acceptors (Lipinski definition) is 7. The summed E-state index contributed by atoms with van der Waals surface area (Å²) in [6.45, 7) is 3.43. The average molecular weight is 368 g/mol. The average Bonchev–Trinajstić information content (AvgIpc) is 2.77. The normalized spacial score (nSPS) is 24.4. The van der Waals surface area contributed by atoms with Crippen LogP contribution in [-0.4, -0.2) is 96.2 Å². The Balaban J connectivity index is 1.75. The molecule has 1 aromatic heterocycles. The van der Waals surface area contributed by atoms with Crippen molar-refractivity contribution >= 4 is 23.2 Å². The molecule has 1 aromatic rings. The predicted molar refractivity (Wildman–Crippen MR) is 92.7 cm³/mol. The highest BCUT2D eigenvalue weighted by molar-refractivity contribution is 7.09. The highest BCUT2D eigenvalue weighted by Crippen LogP contribution is 2.22. The SMILES string of the molecule is CN(C)Cc1nc(C(=O)N2C[C@H]3COC[C@@H]2CN(CC(=O)O)C3)cs1. The zero-order valence-electron chi connectivity index (χ0n) is 14.6. The minimum absolute atomic E-state index is 0.00128. The van der Waals surface area contributed by atoms with Gasteiger partial charge in [0.15, 0.2) is 0 Å². The van der Waals surface area contributed by atoms with Gasteiger partial charge in [0.2, 0.25) is 0 Å². The summed E-state index contributed by atoms with van der Waals surface area (Å²) in [6.07, 6.45) is 0. The van der Waals surface area contributed by atoms with E-state index in [1.807, 2.05) is 34.2 Å². The second kappa shape index (κ2) is 7.77. The van der Waals surface area contributed by atoms with E-state index in [9.17, 15) is 9.59 Å². The van der Waals surface area contributed by atoms with E-state index < -0.39 is 5.97 Å². The van der Waals surface area contributed by atoms with E-state index >= 15 is 0 Å². The van der Waals surface area contributed by atoms with Crippen molar-refractivity contribution in [1.29, 1.82) is 0 Å². The van der Waals surface area contributed by atoms with E-state index in [0.29, 0.717) is 45.1 Å². The number of fused-ring (bicyclic) bond motifs is 3. The maximum absolute atomic E-state index is 13.0. The Morgan fingerprint density at radius 3 is 2.88 bits per heavy atom. The van der Waals surface area contributed by atoms with Crippen molar-refractivity contribution in [3.8, 4) is 0 Å². The molecule has 0 spiro atoms. The molecule has 0 aromatic carbocycles. The molecule has 1 N–H and O–H groups in total. The van der Waals surface area contributed by atoms with Gasteiger partial charge in [0.25, 0.3) is 5.91 Å². The number of thiazole rings is 1. The van der Waals surface area contributed by atoms with Crippen LogP contribution < -0.4 is 0 Å². The standard InChI is InChI=1S/C16H24N4O4S/c1-18(2)6-14-17-13(10-25-14)16(23)20-4-11-3-19(7-15(21)22)5-12(20)9-24-8-11/h10-12H,3-9H2,1-2H3,(H,21,22)/t11-,12-/m0/s1. The van der Waals surface area contributed by atoms with Gasteiger partial charge in [0, 0.05) is 37.5 Å². The fourth-order valence-electron chi connectivity index (χ4n) is 3.41. The molecule has 8 nitrogen and oxygen atoms in total. The first kappa shape index (κ1) is 18.2. The van der Waals surface area contributed by atoms with Gasteiger partial charge in [-0.1, -0.05) is 0 Å². The summed E-state index contributed by atoms with van der Waals surface area (Å²) in [6, 6.07) is -0.140. The molecule has 2 fully saturated rings. The van der Waals surface area contributed by atoms with Gasteiger partial charge in [0.1, 0.15) is 10.7 Å². The van der Waals surface area contributed by atoms with Crippen LogP contribution in [0.4, 0.5) is 0 Å². The van der Waals surface area contributed by atoms with Crippen LogP contribution in [0.15, 0.2) is 5.38 Å². The summed E-state index contributed by atoms with van der Waals surface area (Å²) >= 11 is 1.49. The molecule has 0 unspecified atom stereocenters. The molecular formula is C16H24N4O4S. The summed E-state index contributed by atoms with van der Waals surface area (Å²) in [7, 11) is 3.93. The highest BCUT2D eigenvalue weighted by Gasteiger charge is 2.37. The molecule has 0 aliphatic carbocycles. The molecule has 2 bridgehead atoms. The van der Waals surface area contributed by atoms with E-state index in [-0.39, 0.29) is 24.4 Å². The fourth-order valence-corrected chi connectivity index (χ4v) is 4.29. The van der Waals surface area contributed by atoms with Crippen molar-refractivity contribution in [2.75, 3.05) is 53.5 Å². The number of hydrogen-bond donors (Lipinski definition) is 1. The fraction of sp³-hybridized carbons (Fsp3) is 0.688. The van der Waals surface area contributed by atoms with E-state index in [2.05, 4.69) is 4.98 Å². The molecule has 9 heteroatoms. The first-order valence-corrected chi connectivity index (χ1v) is 9.22. The topological polar surface area (TPSA) is 86.2 Å². The molecule has 138 valence electrons. The first-order chi connectivity index (χ1) is 11.9. The largest absolute Gasteiger partial charge is 0.480 e. The van der Waals surface area contributed by atoms with Crippen molar-refractivity contribution in [3.05, 3.63) is 16.1 Å². The van der Waals surface area contributed by atoms with Gasteiger partial charge in [-0.2, -0.15) is 0 Å². The lowest BCUT2D eigenvalue weighted by Gasteiger charge is -2.30. The van der Waals surface area contributed by atoms with Crippen molar-refractivity contribution < 1.29 is 19.4 Å². The van der Waals surface area contributed by atoms with E-state index in [0.717, 1.165) is 5.01 Å². The Hall–Kier alpha value is -1.55. The maximum atomic E-state index is 13.0. The number of amides is 1. The van der Waals surface area contributed by atoms with Crippen molar-refractivity contribution in [1.82, 2.24) is 19.7 Å². The van der Waals surface area contributed by atoms with Crippen molar-refractivity contribution in [2.24, 2.45) is 5.92 Å². The third-order valence-corrected chi connectivity index (χ3v) is 5.22. The van der Waals surface area contributed by atoms with Crippen molar-refractivity contribution in [2.45, 2.75) is 12.6 Å². The number of nitrogens with zero attached hydrogens (tertiary/aromatic N) is 4. The molecule has 2 atom stereocenters. The van der Waals surface area contributed by atoms with E-state index in [1.165, 1.54) is 11.3 Å². The molecule has 0 saturated carbocycles. The Morgan fingerprint density at radius 2 is 2.16 bits per heavy atom. The summed E-state index contributed by atoms with van der Waals surface area (Å²) in [5, 5.41) is 11.8. The number of carboxylic acids is 1. The second-order valence-corrected chi connectivity index (χ2v) is 7.91. The molecule has 2 saturated heterocycles. The Labute approximate surface area is 151 Å². The molecule has 2 aliphatic rings. The molecule has 2 aliphatic heterocycles. The maximum Gasteiger partial charge on any atom is 0.317 e. The Bertz CT molecular complexity index is 635. The molecule has 1 amide bonds. The molecule has 3 heterocycles. The molecule has 0 radical (unpaired) electrons. The number of carbonyl (C=O) groups is 2. The highest BCUT2D eigenvalue weighted by atomic mass is 32.1. The quantitative estimate of drug-likeness (QED) is 0.787. The first-order valence-electron chi connectivity index (χ1n) is 8.34.